The van der Waals surface area contributed by atoms with E-state index in [0.717, 1.165) is 7.11 Å². The van der Waals surface area contributed by atoms with Crippen molar-refractivity contribution in [2.24, 2.45) is 0 Å². The Morgan fingerprint density at radius 1 is 1.39 bits per heavy atom. The van der Waals surface area contributed by atoms with Crippen molar-refractivity contribution in [3.63, 3.8) is 0 Å². The Balaban J connectivity index is 3.78. The van der Waals surface area contributed by atoms with E-state index in [0.29, 0.717) is 15.6 Å². The summed E-state index contributed by atoms with van der Waals surface area (Å²) < 4.78 is 23.9. The van der Waals surface area contributed by atoms with E-state index in [4.69, 9.17) is 10.5 Å². The van der Waals surface area contributed by atoms with Gasteiger partial charge in [-0.2, -0.15) is 0 Å². The maximum Gasteiger partial charge on any atom is 0.343 e. The molecule has 98 valence electrons. The quantitative estimate of drug-likeness (QED) is 0.687. The van der Waals surface area contributed by atoms with E-state index >= 15 is 0 Å². The first-order valence-corrected chi connectivity index (χ1v) is 5.74. The number of esters is 1. The van der Waals surface area contributed by atoms with Crippen LogP contribution in [0.25, 0.3) is 5.57 Å². The highest BCUT2D eigenvalue weighted by Crippen LogP contribution is 2.41. The third kappa shape index (κ3) is 2.20. The lowest BCUT2D eigenvalue weighted by Crippen LogP contribution is -2.12. The van der Waals surface area contributed by atoms with Crippen LogP contribution in [0.3, 0.4) is 0 Å². The Hall–Kier alpha value is -1.56. The van der Waals surface area contributed by atoms with Crippen LogP contribution in [0.15, 0.2) is 11.1 Å². The van der Waals surface area contributed by atoms with Crippen molar-refractivity contribution in [3.8, 4) is 5.75 Å². The van der Waals surface area contributed by atoms with Crippen LogP contribution in [0.4, 0.5) is 10.1 Å². The van der Waals surface area contributed by atoms with Gasteiger partial charge in [0.2, 0.25) is 0 Å². The summed E-state index contributed by atoms with van der Waals surface area (Å²) >= 11 is 3.19. The molecular formula is C12H13BrFNO3. The maximum absolute atomic E-state index is 14.1. The molecule has 0 saturated heterocycles. The second kappa shape index (κ2) is 5.39. The minimum atomic E-state index is -0.863. The summed E-state index contributed by atoms with van der Waals surface area (Å²) in [7, 11) is 2.44. The number of methoxy groups -OCH3 is 2. The van der Waals surface area contributed by atoms with Crippen molar-refractivity contribution < 1.29 is 18.7 Å². The molecular weight excluding hydrogens is 305 g/mol. The van der Waals surface area contributed by atoms with Crippen molar-refractivity contribution >= 4 is 33.2 Å². The third-order valence-corrected chi connectivity index (χ3v) is 3.15. The number of ether oxygens (including phenoxy) is 2. The van der Waals surface area contributed by atoms with Gasteiger partial charge in [0.15, 0.2) is 11.6 Å². The summed E-state index contributed by atoms with van der Waals surface area (Å²) in [5, 5.41) is 0. The summed E-state index contributed by atoms with van der Waals surface area (Å²) in [5.74, 6) is -1.83. The Bertz CT molecular complexity index is 529. The zero-order chi connectivity index (χ0) is 14.0. The summed E-state index contributed by atoms with van der Waals surface area (Å²) in [6, 6.07) is 0. The Labute approximate surface area is 113 Å². The monoisotopic (exact) mass is 317 g/mol. The molecule has 1 aromatic carbocycles. The van der Waals surface area contributed by atoms with Gasteiger partial charge in [0.1, 0.15) is 5.56 Å². The predicted molar refractivity (Wildman–Crippen MR) is 71.1 cm³/mol. The molecule has 0 radical (unpaired) electrons. The number of carbonyl (C=O) groups is 1. The Morgan fingerprint density at radius 2 is 1.94 bits per heavy atom. The zero-order valence-electron chi connectivity index (χ0n) is 10.3. The number of hydrogen-bond donors (Lipinski definition) is 1. The average Bonchev–Trinajstić information content (AvgIpc) is 2.28. The molecule has 4 nitrogen and oxygen atoms in total. The minimum Gasteiger partial charge on any atom is -0.492 e. The molecule has 0 unspecified atom stereocenters. The number of anilines is 1. The summed E-state index contributed by atoms with van der Waals surface area (Å²) in [4.78, 5) is 11.6. The molecule has 6 heteroatoms. The van der Waals surface area contributed by atoms with E-state index < -0.39 is 11.8 Å². The van der Waals surface area contributed by atoms with E-state index in [9.17, 15) is 9.18 Å². The first-order chi connectivity index (χ1) is 8.36. The number of rotatable bonds is 3. The number of nitrogen functional groups attached to an aromatic ring is 1. The van der Waals surface area contributed by atoms with Gasteiger partial charge in [0.25, 0.3) is 0 Å². The molecule has 1 aromatic rings. The van der Waals surface area contributed by atoms with Crippen LogP contribution < -0.4 is 10.5 Å². The van der Waals surface area contributed by atoms with Crippen molar-refractivity contribution in [1.82, 2.24) is 0 Å². The molecule has 0 heterocycles. The number of allylic oxidation sites excluding steroid dienone is 1. The fourth-order valence-corrected chi connectivity index (χ4v) is 2.47. The molecule has 0 aliphatic rings. The van der Waals surface area contributed by atoms with Crippen LogP contribution in [0, 0.1) is 5.82 Å². The molecule has 0 saturated carbocycles. The summed E-state index contributed by atoms with van der Waals surface area (Å²) in [6.45, 7) is 5.43. The van der Waals surface area contributed by atoms with Crippen LogP contribution >= 0.6 is 15.9 Å². The third-order valence-electron chi connectivity index (χ3n) is 2.40. The standard InChI is InChI=1S/C12H13BrFNO3/c1-5(2)6-8(13)11(17-3)9(14)7(10(6)15)12(16)18-4/h1,15H2,2-4H3. The second-order valence-corrected chi connectivity index (χ2v) is 4.39. The van der Waals surface area contributed by atoms with E-state index in [1.165, 1.54) is 7.11 Å². The lowest BCUT2D eigenvalue weighted by molar-refractivity contribution is 0.0596. The highest BCUT2D eigenvalue weighted by Gasteiger charge is 2.27. The number of carbonyl (C=O) groups excluding carboxylic acids is 1. The fourth-order valence-electron chi connectivity index (χ4n) is 1.58. The van der Waals surface area contributed by atoms with Gasteiger partial charge in [-0.25, -0.2) is 9.18 Å². The van der Waals surface area contributed by atoms with Gasteiger partial charge in [0.05, 0.1) is 24.4 Å². The number of benzene rings is 1. The van der Waals surface area contributed by atoms with Gasteiger partial charge in [-0.05, 0) is 28.4 Å². The smallest absolute Gasteiger partial charge is 0.343 e. The molecule has 0 fully saturated rings. The molecule has 0 aliphatic heterocycles. The average molecular weight is 318 g/mol. The van der Waals surface area contributed by atoms with Crippen LogP contribution in [0.1, 0.15) is 22.8 Å². The Kier molecular flexibility index (Phi) is 4.34. The van der Waals surface area contributed by atoms with Crippen LogP contribution in [-0.2, 0) is 4.74 Å². The molecule has 0 bridgehead atoms. The van der Waals surface area contributed by atoms with E-state index in [1.54, 1.807) is 6.92 Å². The van der Waals surface area contributed by atoms with E-state index in [2.05, 4.69) is 27.2 Å². The molecule has 0 aliphatic carbocycles. The van der Waals surface area contributed by atoms with Gasteiger partial charge in [0, 0.05) is 5.56 Å². The summed E-state index contributed by atoms with van der Waals surface area (Å²) in [6.07, 6.45) is 0. The normalized spacial score (nSPS) is 10.1. The van der Waals surface area contributed by atoms with Crippen molar-refractivity contribution in [1.29, 1.82) is 0 Å². The second-order valence-electron chi connectivity index (χ2n) is 3.60. The van der Waals surface area contributed by atoms with Crippen LogP contribution in [-0.4, -0.2) is 20.2 Å². The van der Waals surface area contributed by atoms with Crippen molar-refractivity contribution in [2.45, 2.75) is 6.92 Å². The van der Waals surface area contributed by atoms with Crippen LogP contribution in [0.2, 0.25) is 0 Å². The molecule has 18 heavy (non-hydrogen) atoms. The molecule has 0 aromatic heterocycles. The first kappa shape index (κ1) is 14.5. The molecule has 0 amide bonds. The van der Waals surface area contributed by atoms with E-state index in [1.807, 2.05) is 0 Å². The molecule has 0 spiro atoms. The number of nitrogens with two attached hydrogens (primary N) is 1. The van der Waals surface area contributed by atoms with Crippen LogP contribution in [0.5, 0.6) is 5.75 Å². The lowest BCUT2D eigenvalue weighted by Gasteiger charge is -2.16. The molecule has 2 N–H and O–H groups in total. The zero-order valence-corrected chi connectivity index (χ0v) is 11.9. The largest absolute Gasteiger partial charge is 0.492 e. The van der Waals surface area contributed by atoms with Gasteiger partial charge >= 0.3 is 5.97 Å². The topological polar surface area (TPSA) is 61.6 Å². The number of hydrogen-bond acceptors (Lipinski definition) is 4. The van der Waals surface area contributed by atoms with Gasteiger partial charge in [-0.15, -0.1) is 0 Å². The molecule has 1 rings (SSSR count). The fraction of sp³-hybridized carbons (Fsp3) is 0.250. The molecule has 0 atom stereocenters. The summed E-state index contributed by atoms with van der Waals surface area (Å²) in [5.41, 5.74) is 6.42. The predicted octanol–water partition coefficient (Wildman–Crippen LogP) is 3.00. The maximum atomic E-state index is 14.1. The van der Waals surface area contributed by atoms with Crippen molar-refractivity contribution in [3.05, 3.63) is 28.0 Å². The minimum absolute atomic E-state index is 0.0282. The SMILES string of the molecule is C=C(C)c1c(N)c(C(=O)OC)c(F)c(OC)c1Br. The highest BCUT2D eigenvalue weighted by atomic mass is 79.9. The van der Waals surface area contributed by atoms with Gasteiger partial charge < -0.3 is 15.2 Å². The number of halogens is 2. The van der Waals surface area contributed by atoms with Gasteiger partial charge in [-0.1, -0.05) is 6.58 Å². The highest BCUT2D eigenvalue weighted by molar-refractivity contribution is 9.10. The first-order valence-electron chi connectivity index (χ1n) is 4.95. The Morgan fingerprint density at radius 3 is 2.33 bits per heavy atom. The van der Waals surface area contributed by atoms with Crippen molar-refractivity contribution in [2.75, 3.05) is 20.0 Å². The lowest BCUT2D eigenvalue weighted by atomic mass is 10.0. The van der Waals surface area contributed by atoms with E-state index in [-0.39, 0.29) is 17.0 Å². The van der Waals surface area contributed by atoms with Gasteiger partial charge in [-0.3, -0.25) is 0 Å².